The van der Waals surface area contributed by atoms with E-state index in [1.54, 1.807) is 29.0 Å². The molecule has 6 nitrogen and oxygen atoms in total. The molecule has 0 unspecified atom stereocenters. The second-order valence-electron chi connectivity index (χ2n) is 6.88. The van der Waals surface area contributed by atoms with Crippen LogP contribution in [0.5, 0.6) is 0 Å². The fourth-order valence-electron chi connectivity index (χ4n) is 3.29. The first-order chi connectivity index (χ1) is 15.1. The molecule has 4 rings (SSSR count). The van der Waals surface area contributed by atoms with E-state index in [0.717, 1.165) is 18.4 Å². The number of nitrogens with one attached hydrogen (secondary N) is 1. The van der Waals surface area contributed by atoms with Gasteiger partial charge in [0.25, 0.3) is 5.91 Å². The first kappa shape index (κ1) is 22.2. The molecule has 0 fully saturated rings. The third-order valence-corrected chi connectivity index (χ3v) is 5.77. The van der Waals surface area contributed by atoms with E-state index in [1.165, 1.54) is 23.0 Å². The molecule has 0 aliphatic heterocycles. The lowest BCUT2D eigenvalue weighted by Crippen LogP contribution is -2.30. The summed E-state index contributed by atoms with van der Waals surface area (Å²) in [6.07, 6.45) is 3.81. The van der Waals surface area contributed by atoms with Crippen LogP contribution in [0.1, 0.15) is 10.4 Å². The maximum atomic E-state index is 14.8. The van der Waals surface area contributed by atoms with Crippen molar-refractivity contribution < 1.29 is 22.0 Å². The van der Waals surface area contributed by atoms with Gasteiger partial charge in [-0.3, -0.25) is 9.36 Å². The third-order valence-electron chi connectivity index (χ3n) is 4.62. The molecule has 32 heavy (non-hydrogen) atoms. The number of fused-ring (bicyclic) bond motifs is 1. The standard InChI is InChI=1S/C21H13Cl2F2N3O3S/c1-32(30,31)27-21(29)13-8-16(23)18(9-17(13)24)28-10-14(12-5-3-7-26-20(12)28)11-4-2-6-15(22)19(11)25/h2-10H,1H3,(H,27,29). The van der Waals surface area contributed by atoms with E-state index >= 15 is 0 Å². The van der Waals surface area contributed by atoms with Crippen molar-refractivity contribution in [3.05, 3.63) is 82.1 Å². The molecule has 0 bridgehead atoms. The number of pyridine rings is 1. The van der Waals surface area contributed by atoms with E-state index in [1.807, 2.05) is 0 Å². The van der Waals surface area contributed by atoms with Crippen molar-refractivity contribution in [2.24, 2.45) is 0 Å². The van der Waals surface area contributed by atoms with Crippen LogP contribution in [0.15, 0.2) is 54.9 Å². The number of hydrogen-bond donors (Lipinski definition) is 1. The monoisotopic (exact) mass is 495 g/mol. The Morgan fingerprint density at radius 1 is 1.06 bits per heavy atom. The van der Waals surface area contributed by atoms with E-state index < -0.39 is 33.1 Å². The van der Waals surface area contributed by atoms with Crippen LogP contribution in [-0.4, -0.2) is 30.1 Å². The molecule has 0 saturated heterocycles. The Kier molecular flexibility index (Phi) is 5.66. The van der Waals surface area contributed by atoms with Crippen molar-refractivity contribution in [3.63, 3.8) is 0 Å². The number of carbonyl (C=O) groups is 1. The SMILES string of the molecule is CS(=O)(=O)NC(=O)c1cc(Cl)c(-n2cc(-c3cccc(Cl)c3F)c3cccnc32)cc1F. The molecule has 2 heterocycles. The van der Waals surface area contributed by atoms with Crippen LogP contribution in [-0.2, 0) is 10.0 Å². The lowest BCUT2D eigenvalue weighted by molar-refractivity contribution is 0.0978. The number of carbonyl (C=O) groups excluding carboxylic acids is 1. The number of rotatable bonds is 4. The smallest absolute Gasteiger partial charge is 0.267 e. The minimum Gasteiger partial charge on any atom is -0.299 e. The predicted octanol–water partition coefficient (Wildman–Crippen LogP) is 4.97. The topological polar surface area (TPSA) is 81.1 Å². The highest BCUT2D eigenvalue weighted by atomic mass is 35.5. The number of halogens is 4. The Labute approximate surface area is 191 Å². The minimum atomic E-state index is -3.90. The molecular weight excluding hydrogens is 483 g/mol. The van der Waals surface area contributed by atoms with E-state index in [4.69, 9.17) is 23.2 Å². The fourth-order valence-corrected chi connectivity index (χ4v) is 4.16. The van der Waals surface area contributed by atoms with Crippen molar-refractivity contribution in [1.29, 1.82) is 0 Å². The highest BCUT2D eigenvalue weighted by Crippen LogP contribution is 2.36. The lowest BCUT2D eigenvalue weighted by atomic mass is 10.1. The van der Waals surface area contributed by atoms with Gasteiger partial charge in [-0.15, -0.1) is 0 Å². The Morgan fingerprint density at radius 2 is 1.81 bits per heavy atom. The van der Waals surface area contributed by atoms with Crippen LogP contribution in [0.25, 0.3) is 27.8 Å². The summed E-state index contributed by atoms with van der Waals surface area (Å²) in [7, 11) is -3.90. The Balaban J connectivity index is 1.91. The number of aromatic nitrogens is 2. The highest BCUT2D eigenvalue weighted by Gasteiger charge is 2.22. The van der Waals surface area contributed by atoms with E-state index in [0.29, 0.717) is 16.6 Å². The second-order valence-corrected chi connectivity index (χ2v) is 9.44. The quantitative estimate of drug-likeness (QED) is 0.433. The van der Waals surface area contributed by atoms with Crippen LogP contribution in [0.3, 0.4) is 0 Å². The average Bonchev–Trinajstić information content (AvgIpc) is 3.09. The van der Waals surface area contributed by atoms with Crippen molar-refractivity contribution in [2.45, 2.75) is 0 Å². The summed E-state index contributed by atoms with van der Waals surface area (Å²) in [6.45, 7) is 0. The molecule has 1 N–H and O–H groups in total. The van der Waals surface area contributed by atoms with Gasteiger partial charge in [-0.2, -0.15) is 0 Å². The summed E-state index contributed by atoms with van der Waals surface area (Å²) >= 11 is 12.3. The maximum Gasteiger partial charge on any atom is 0.267 e. The van der Waals surface area contributed by atoms with Gasteiger partial charge in [0.05, 0.1) is 27.6 Å². The Bertz CT molecular complexity index is 1500. The first-order valence-corrected chi connectivity index (χ1v) is 11.6. The molecular formula is C21H13Cl2F2N3O3S. The van der Waals surface area contributed by atoms with Crippen molar-refractivity contribution >= 4 is 50.2 Å². The number of benzene rings is 2. The van der Waals surface area contributed by atoms with Gasteiger partial charge in [0.2, 0.25) is 10.0 Å². The largest absolute Gasteiger partial charge is 0.299 e. The zero-order valence-corrected chi connectivity index (χ0v) is 18.6. The van der Waals surface area contributed by atoms with Gasteiger partial charge in [0.1, 0.15) is 17.3 Å². The third kappa shape index (κ3) is 4.06. The molecule has 0 radical (unpaired) electrons. The minimum absolute atomic E-state index is 0.0503. The molecule has 4 aromatic rings. The lowest BCUT2D eigenvalue weighted by Gasteiger charge is -2.11. The van der Waals surface area contributed by atoms with Gasteiger partial charge in [-0.25, -0.2) is 26.9 Å². The van der Waals surface area contributed by atoms with Gasteiger partial charge in [0, 0.05) is 35.0 Å². The summed E-state index contributed by atoms with van der Waals surface area (Å²) in [5.74, 6) is -2.78. The van der Waals surface area contributed by atoms with E-state index in [9.17, 15) is 22.0 Å². The Morgan fingerprint density at radius 3 is 2.53 bits per heavy atom. The molecule has 2 aromatic carbocycles. The first-order valence-electron chi connectivity index (χ1n) is 8.99. The molecule has 1 amide bonds. The number of sulfonamides is 1. The summed E-state index contributed by atoms with van der Waals surface area (Å²) in [4.78, 5) is 16.4. The molecule has 0 saturated carbocycles. The van der Waals surface area contributed by atoms with Crippen LogP contribution < -0.4 is 4.72 Å². The van der Waals surface area contributed by atoms with Gasteiger partial charge in [-0.1, -0.05) is 35.3 Å². The van der Waals surface area contributed by atoms with E-state index in [-0.39, 0.29) is 21.3 Å². The number of hydrogen-bond acceptors (Lipinski definition) is 4. The molecule has 164 valence electrons. The number of nitrogens with zero attached hydrogens (tertiary/aromatic N) is 2. The summed E-state index contributed by atoms with van der Waals surface area (Å²) < 4.78 is 55.2. The average molecular weight is 496 g/mol. The number of amides is 1. The van der Waals surface area contributed by atoms with Crippen molar-refractivity contribution in [1.82, 2.24) is 14.3 Å². The van der Waals surface area contributed by atoms with Crippen LogP contribution in [0.2, 0.25) is 10.0 Å². The van der Waals surface area contributed by atoms with E-state index in [2.05, 4.69) is 4.98 Å². The zero-order valence-electron chi connectivity index (χ0n) is 16.2. The second kappa shape index (κ2) is 8.16. The van der Waals surface area contributed by atoms with Gasteiger partial charge in [0.15, 0.2) is 0 Å². The molecule has 2 aromatic heterocycles. The van der Waals surface area contributed by atoms with Gasteiger partial charge >= 0.3 is 0 Å². The Hall–Kier alpha value is -3.01. The van der Waals surface area contributed by atoms with Gasteiger partial charge in [-0.05, 0) is 24.3 Å². The van der Waals surface area contributed by atoms with Crippen molar-refractivity contribution in [3.8, 4) is 16.8 Å². The molecule has 0 aliphatic carbocycles. The highest BCUT2D eigenvalue weighted by molar-refractivity contribution is 7.89. The van der Waals surface area contributed by atoms with Crippen LogP contribution >= 0.6 is 23.2 Å². The van der Waals surface area contributed by atoms with Crippen LogP contribution in [0.4, 0.5) is 8.78 Å². The molecule has 0 aliphatic rings. The van der Waals surface area contributed by atoms with Crippen molar-refractivity contribution in [2.75, 3.05) is 6.26 Å². The predicted molar refractivity (Wildman–Crippen MR) is 119 cm³/mol. The zero-order chi connectivity index (χ0) is 23.2. The molecule has 0 atom stereocenters. The summed E-state index contributed by atoms with van der Waals surface area (Å²) in [5.41, 5.74) is 0.599. The molecule has 11 heteroatoms. The summed E-state index contributed by atoms with van der Waals surface area (Å²) in [6, 6.07) is 9.94. The van der Waals surface area contributed by atoms with Crippen LogP contribution in [0, 0.1) is 11.6 Å². The van der Waals surface area contributed by atoms with Gasteiger partial charge < -0.3 is 0 Å². The summed E-state index contributed by atoms with van der Waals surface area (Å²) in [5, 5.41) is 0.451. The fraction of sp³-hybridized carbons (Fsp3) is 0.0476. The maximum absolute atomic E-state index is 14.8. The normalized spacial score (nSPS) is 11.7. The molecule has 0 spiro atoms.